The Kier molecular flexibility index (Phi) is 3.85. The summed E-state index contributed by atoms with van der Waals surface area (Å²) < 4.78 is 0. The van der Waals surface area contributed by atoms with E-state index < -0.39 is 0 Å². The quantitative estimate of drug-likeness (QED) is 0.649. The predicted octanol–water partition coefficient (Wildman–Crippen LogP) is 3.30. The van der Waals surface area contributed by atoms with Gasteiger partial charge in [-0.3, -0.25) is 5.41 Å². The third kappa shape index (κ3) is 2.76. The number of anilines is 2. The average Bonchev–Trinajstić information content (AvgIpc) is 2.46. The summed E-state index contributed by atoms with van der Waals surface area (Å²) in [6.45, 7) is 2.14. The van der Waals surface area contributed by atoms with Crippen LogP contribution in [0.4, 0.5) is 11.4 Å². The molecular formula is C16H19N3. The van der Waals surface area contributed by atoms with Gasteiger partial charge in [0.1, 0.15) is 5.84 Å². The molecule has 0 aromatic heterocycles. The molecule has 19 heavy (non-hydrogen) atoms. The summed E-state index contributed by atoms with van der Waals surface area (Å²) >= 11 is 0. The summed E-state index contributed by atoms with van der Waals surface area (Å²) in [6, 6.07) is 16.1. The molecule has 0 aliphatic carbocycles. The Labute approximate surface area is 114 Å². The Morgan fingerprint density at radius 3 is 2.32 bits per heavy atom. The molecule has 0 aliphatic heterocycles. The number of rotatable bonds is 4. The number of nitrogen functional groups attached to an aromatic ring is 1. The van der Waals surface area contributed by atoms with Crippen LogP contribution in [0.5, 0.6) is 0 Å². The van der Waals surface area contributed by atoms with Crippen LogP contribution in [0, 0.1) is 5.41 Å². The molecule has 0 amide bonds. The number of nitrogens with two attached hydrogens (primary N) is 1. The second-order valence-electron chi connectivity index (χ2n) is 4.51. The van der Waals surface area contributed by atoms with Gasteiger partial charge < -0.3 is 10.6 Å². The number of nitrogens with zero attached hydrogens (tertiary/aromatic N) is 1. The minimum absolute atomic E-state index is 0.0904. The Morgan fingerprint density at radius 2 is 1.74 bits per heavy atom. The second-order valence-corrected chi connectivity index (χ2v) is 4.51. The van der Waals surface area contributed by atoms with Crippen molar-refractivity contribution in [2.75, 3.05) is 11.9 Å². The van der Waals surface area contributed by atoms with Crippen molar-refractivity contribution in [3.05, 3.63) is 59.7 Å². The van der Waals surface area contributed by atoms with Crippen LogP contribution in [0.3, 0.4) is 0 Å². The van der Waals surface area contributed by atoms with E-state index in [9.17, 15) is 0 Å². The topological polar surface area (TPSA) is 53.1 Å². The lowest BCUT2D eigenvalue weighted by molar-refractivity contribution is 1.13. The molecule has 0 saturated heterocycles. The molecule has 2 rings (SSSR count). The second kappa shape index (κ2) is 5.57. The predicted molar refractivity (Wildman–Crippen MR) is 81.3 cm³/mol. The highest BCUT2D eigenvalue weighted by molar-refractivity contribution is 6.01. The number of hydrogen-bond acceptors (Lipinski definition) is 2. The van der Waals surface area contributed by atoms with Crippen molar-refractivity contribution in [1.82, 2.24) is 0 Å². The highest BCUT2D eigenvalue weighted by Gasteiger charge is 2.10. The van der Waals surface area contributed by atoms with E-state index in [0.717, 1.165) is 23.4 Å². The zero-order chi connectivity index (χ0) is 13.8. The van der Waals surface area contributed by atoms with Gasteiger partial charge in [-0.2, -0.15) is 0 Å². The molecule has 2 aromatic carbocycles. The van der Waals surface area contributed by atoms with Gasteiger partial charge in [-0.25, -0.2) is 0 Å². The smallest absolute Gasteiger partial charge is 0.124 e. The highest BCUT2D eigenvalue weighted by Crippen LogP contribution is 2.26. The molecule has 0 heterocycles. The fourth-order valence-electron chi connectivity index (χ4n) is 2.09. The van der Waals surface area contributed by atoms with Gasteiger partial charge in [-0.15, -0.1) is 0 Å². The van der Waals surface area contributed by atoms with Crippen molar-refractivity contribution in [3.8, 4) is 0 Å². The molecule has 3 nitrogen and oxygen atoms in total. The molecule has 2 aromatic rings. The summed E-state index contributed by atoms with van der Waals surface area (Å²) in [6.07, 6.45) is 1.04. The summed E-state index contributed by atoms with van der Waals surface area (Å²) in [7, 11) is 1.99. The van der Waals surface area contributed by atoms with Crippen molar-refractivity contribution in [3.63, 3.8) is 0 Å². The number of nitrogens with one attached hydrogen (secondary N) is 1. The Balaban J connectivity index is 2.37. The highest BCUT2D eigenvalue weighted by atomic mass is 15.1. The number of aryl methyl sites for hydroxylation is 1. The third-order valence-corrected chi connectivity index (χ3v) is 3.29. The van der Waals surface area contributed by atoms with E-state index in [-0.39, 0.29) is 5.84 Å². The average molecular weight is 253 g/mol. The van der Waals surface area contributed by atoms with E-state index in [1.165, 1.54) is 5.56 Å². The molecule has 3 heteroatoms. The summed E-state index contributed by atoms with van der Waals surface area (Å²) in [4.78, 5) is 2.05. The van der Waals surface area contributed by atoms with Crippen molar-refractivity contribution < 1.29 is 0 Å². The van der Waals surface area contributed by atoms with Gasteiger partial charge in [0.25, 0.3) is 0 Å². The Bertz CT molecular complexity index is 573. The SMILES string of the molecule is CCc1ccc(N(C)c2ccccc2C(=N)N)cc1. The van der Waals surface area contributed by atoms with Crippen molar-refractivity contribution >= 4 is 17.2 Å². The molecule has 0 atom stereocenters. The van der Waals surface area contributed by atoms with Gasteiger partial charge >= 0.3 is 0 Å². The number of amidine groups is 1. The lowest BCUT2D eigenvalue weighted by Gasteiger charge is -2.22. The van der Waals surface area contributed by atoms with E-state index in [0.29, 0.717) is 0 Å². The van der Waals surface area contributed by atoms with Crippen LogP contribution in [0.1, 0.15) is 18.1 Å². The van der Waals surface area contributed by atoms with Gasteiger partial charge in [0, 0.05) is 18.3 Å². The molecule has 0 aliphatic rings. The zero-order valence-corrected chi connectivity index (χ0v) is 11.4. The van der Waals surface area contributed by atoms with Gasteiger partial charge in [0.15, 0.2) is 0 Å². The van der Waals surface area contributed by atoms with Crippen molar-refractivity contribution in [2.24, 2.45) is 5.73 Å². The lowest BCUT2D eigenvalue weighted by Crippen LogP contribution is -2.18. The van der Waals surface area contributed by atoms with Crippen LogP contribution in [0.15, 0.2) is 48.5 Å². The first kappa shape index (κ1) is 13.1. The van der Waals surface area contributed by atoms with E-state index in [1.54, 1.807) is 0 Å². The van der Waals surface area contributed by atoms with Gasteiger partial charge in [-0.1, -0.05) is 31.2 Å². The standard InChI is InChI=1S/C16H19N3/c1-3-12-8-10-13(11-9-12)19(2)15-7-5-4-6-14(15)16(17)18/h4-11H,3H2,1-2H3,(H3,17,18). The fourth-order valence-corrected chi connectivity index (χ4v) is 2.09. The molecule has 0 unspecified atom stereocenters. The summed E-state index contributed by atoms with van der Waals surface area (Å²) in [5, 5.41) is 7.65. The minimum atomic E-state index is 0.0904. The monoisotopic (exact) mass is 253 g/mol. The molecule has 3 N–H and O–H groups in total. The van der Waals surface area contributed by atoms with Crippen molar-refractivity contribution in [1.29, 1.82) is 5.41 Å². The maximum absolute atomic E-state index is 7.65. The van der Waals surface area contributed by atoms with Gasteiger partial charge in [0.05, 0.1) is 5.69 Å². The van der Waals surface area contributed by atoms with Crippen molar-refractivity contribution in [2.45, 2.75) is 13.3 Å². The fraction of sp³-hybridized carbons (Fsp3) is 0.188. The largest absolute Gasteiger partial charge is 0.384 e. The number of para-hydroxylation sites is 1. The van der Waals surface area contributed by atoms with Crippen LogP contribution in [0.2, 0.25) is 0 Å². The zero-order valence-electron chi connectivity index (χ0n) is 11.4. The Hall–Kier alpha value is -2.29. The molecule has 0 fully saturated rings. The third-order valence-electron chi connectivity index (χ3n) is 3.29. The van der Waals surface area contributed by atoms with E-state index in [1.807, 2.05) is 31.3 Å². The molecule has 98 valence electrons. The maximum Gasteiger partial charge on any atom is 0.124 e. The van der Waals surface area contributed by atoms with E-state index >= 15 is 0 Å². The molecule has 0 bridgehead atoms. The first-order valence-electron chi connectivity index (χ1n) is 6.39. The van der Waals surface area contributed by atoms with Crippen LogP contribution in [0.25, 0.3) is 0 Å². The molecule has 0 spiro atoms. The van der Waals surface area contributed by atoms with Gasteiger partial charge in [-0.05, 0) is 36.2 Å². The normalized spacial score (nSPS) is 10.2. The lowest BCUT2D eigenvalue weighted by atomic mass is 10.1. The Morgan fingerprint density at radius 1 is 1.11 bits per heavy atom. The van der Waals surface area contributed by atoms with Gasteiger partial charge in [0.2, 0.25) is 0 Å². The first-order chi connectivity index (χ1) is 9.13. The first-order valence-corrected chi connectivity index (χ1v) is 6.39. The maximum atomic E-state index is 7.65. The molecule has 0 radical (unpaired) electrons. The van der Waals surface area contributed by atoms with Crippen LogP contribution >= 0.6 is 0 Å². The minimum Gasteiger partial charge on any atom is -0.384 e. The summed E-state index contributed by atoms with van der Waals surface area (Å²) in [5.41, 5.74) is 9.74. The summed E-state index contributed by atoms with van der Waals surface area (Å²) in [5.74, 6) is 0.0904. The van der Waals surface area contributed by atoms with E-state index in [4.69, 9.17) is 11.1 Å². The van der Waals surface area contributed by atoms with Crippen LogP contribution in [-0.4, -0.2) is 12.9 Å². The number of benzene rings is 2. The van der Waals surface area contributed by atoms with Crippen LogP contribution in [-0.2, 0) is 6.42 Å². The van der Waals surface area contributed by atoms with E-state index in [2.05, 4.69) is 36.1 Å². The van der Waals surface area contributed by atoms with Crippen LogP contribution < -0.4 is 10.6 Å². The molecule has 0 saturated carbocycles. The molecular weight excluding hydrogens is 234 g/mol. The number of hydrogen-bond donors (Lipinski definition) is 2.